The van der Waals surface area contributed by atoms with Crippen molar-refractivity contribution in [1.82, 2.24) is 10.1 Å². The van der Waals surface area contributed by atoms with Crippen molar-refractivity contribution in [3.05, 3.63) is 76.9 Å². The highest BCUT2D eigenvalue weighted by molar-refractivity contribution is 7.14. The molecule has 136 valence electrons. The van der Waals surface area contributed by atoms with Crippen molar-refractivity contribution in [3.63, 3.8) is 0 Å². The van der Waals surface area contributed by atoms with Crippen molar-refractivity contribution >= 4 is 22.9 Å². The number of amides is 1. The van der Waals surface area contributed by atoms with Gasteiger partial charge in [-0.15, -0.1) is 11.3 Å². The first-order valence-corrected chi connectivity index (χ1v) is 9.01. The summed E-state index contributed by atoms with van der Waals surface area (Å²) >= 11 is 1.33. The van der Waals surface area contributed by atoms with E-state index in [1.54, 1.807) is 47.8 Å². The minimum atomic E-state index is -0.393. The third-order valence-corrected chi connectivity index (χ3v) is 4.80. The fourth-order valence-corrected chi connectivity index (χ4v) is 3.29. The van der Waals surface area contributed by atoms with Crippen LogP contribution in [0.1, 0.15) is 15.9 Å². The molecule has 28 heavy (non-hydrogen) atoms. The van der Waals surface area contributed by atoms with Gasteiger partial charge >= 0.3 is 0 Å². The van der Waals surface area contributed by atoms with Crippen LogP contribution in [-0.4, -0.2) is 16.0 Å². The van der Waals surface area contributed by atoms with E-state index in [4.69, 9.17) is 9.78 Å². The van der Waals surface area contributed by atoms with E-state index in [-0.39, 0.29) is 17.6 Å². The van der Waals surface area contributed by atoms with Gasteiger partial charge in [0.05, 0.1) is 17.3 Å². The molecular formula is C20H11FN4O2S. The predicted molar refractivity (Wildman–Crippen MR) is 102 cm³/mol. The molecule has 1 N–H and O–H groups in total. The Kier molecular flexibility index (Phi) is 4.66. The van der Waals surface area contributed by atoms with E-state index in [1.807, 2.05) is 6.07 Å². The van der Waals surface area contributed by atoms with E-state index in [0.717, 1.165) is 0 Å². The van der Waals surface area contributed by atoms with E-state index in [2.05, 4.69) is 15.5 Å². The molecule has 2 aromatic heterocycles. The van der Waals surface area contributed by atoms with Crippen LogP contribution in [0.15, 0.2) is 64.5 Å². The zero-order chi connectivity index (χ0) is 19.5. The Morgan fingerprint density at radius 1 is 1.18 bits per heavy atom. The summed E-state index contributed by atoms with van der Waals surface area (Å²) in [6, 6.07) is 15.9. The van der Waals surface area contributed by atoms with E-state index in [1.165, 1.54) is 23.5 Å². The first-order chi connectivity index (χ1) is 13.6. The third-order valence-electron chi connectivity index (χ3n) is 3.89. The summed E-state index contributed by atoms with van der Waals surface area (Å²) in [5.74, 6) is -0.235. The Labute approximate surface area is 162 Å². The van der Waals surface area contributed by atoms with Crippen LogP contribution in [0.5, 0.6) is 0 Å². The lowest BCUT2D eigenvalue weighted by Crippen LogP contribution is -2.11. The zero-order valence-corrected chi connectivity index (χ0v) is 15.0. The maximum Gasteiger partial charge on any atom is 0.270 e. The van der Waals surface area contributed by atoms with Gasteiger partial charge in [0.1, 0.15) is 10.7 Å². The van der Waals surface area contributed by atoms with Gasteiger partial charge in [-0.1, -0.05) is 17.3 Å². The SMILES string of the molecule is N#Cc1ccc(C(=O)Nc2ccsc2-c2nc(-c3cccc(F)c3)no2)cc1. The van der Waals surface area contributed by atoms with Crippen molar-refractivity contribution in [2.45, 2.75) is 0 Å². The molecule has 0 aliphatic heterocycles. The summed E-state index contributed by atoms with van der Waals surface area (Å²) in [6.45, 7) is 0. The maximum absolute atomic E-state index is 13.4. The number of nitriles is 1. The molecular weight excluding hydrogens is 379 g/mol. The topological polar surface area (TPSA) is 91.8 Å². The summed E-state index contributed by atoms with van der Waals surface area (Å²) in [6.07, 6.45) is 0. The van der Waals surface area contributed by atoms with E-state index >= 15 is 0 Å². The molecule has 0 spiro atoms. The largest absolute Gasteiger partial charge is 0.333 e. The minimum Gasteiger partial charge on any atom is -0.333 e. The highest BCUT2D eigenvalue weighted by Gasteiger charge is 2.18. The Morgan fingerprint density at radius 2 is 2.00 bits per heavy atom. The molecule has 0 saturated carbocycles. The smallest absolute Gasteiger partial charge is 0.270 e. The average Bonchev–Trinajstić information content (AvgIpc) is 3.37. The van der Waals surface area contributed by atoms with Crippen LogP contribution in [0, 0.1) is 17.1 Å². The minimum absolute atomic E-state index is 0.226. The number of rotatable bonds is 4. The van der Waals surface area contributed by atoms with Crippen LogP contribution in [0.4, 0.5) is 10.1 Å². The molecule has 8 heteroatoms. The molecule has 0 aliphatic rings. The fourth-order valence-electron chi connectivity index (χ4n) is 2.52. The number of nitrogens with one attached hydrogen (secondary N) is 1. The number of aromatic nitrogens is 2. The number of carbonyl (C=O) groups is 1. The zero-order valence-electron chi connectivity index (χ0n) is 14.2. The molecule has 0 radical (unpaired) electrons. The average molecular weight is 390 g/mol. The molecule has 1 amide bonds. The molecule has 4 rings (SSSR count). The van der Waals surface area contributed by atoms with Gasteiger partial charge in [0, 0.05) is 11.1 Å². The van der Waals surface area contributed by atoms with Gasteiger partial charge in [-0.3, -0.25) is 4.79 Å². The van der Waals surface area contributed by atoms with E-state index in [0.29, 0.717) is 27.3 Å². The Morgan fingerprint density at radius 3 is 2.75 bits per heavy atom. The number of hydrogen-bond acceptors (Lipinski definition) is 6. The lowest BCUT2D eigenvalue weighted by Gasteiger charge is -2.04. The monoisotopic (exact) mass is 390 g/mol. The molecule has 2 aromatic carbocycles. The van der Waals surface area contributed by atoms with Gasteiger partial charge in [-0.05, 0) is 47.8 Å². The molecule has 0 saturated heterocycles. The number of benzene rings is 2. The normalized spacial score (nSPS) is 10.4. The van der Waals surface area contributed by atoms with E-state index in [9.17, 15) is 9.18 Å². The predicted octanol–water partition coefficient (Wildman–Crippen LogP) is 4.73. The summed E-state index contributed by atoms with van der Waals surface area (Å²) in [5.41, 5.74) is 1.91. The first kappa shape index (κ1) is 17.6. The van der Waals surface area contributed by atoms with Crippen LogP contribution >= 0.6 is 11.3 Å². The summed E-state index contributed by atoms with van der Waals surface area (Å²) in [7, 11) is 0. The maximum atomic E-state index is 13.4. The second kappa shape index (κ2) is 7.42. The van der Waals surface area contributed by atoms with Crippen LogP contribution in [-0.2, 0) is 0 Å². The number of nitrogens with zero attached hydrogens (tertiary/aromatic N) is 3. The third kappa shape index (κ3) is 3.51. The van der Waals surface area contributed by atoms with Crippen molar-refractivity contribution in [1.29, 1.82) is 5.26 Å². The molecule has 0 bridgehead atoms. The quantitative estimate of drug-likeness (QED) is 0.544. The molecule has 0 fully saturated rings. The van der Waals surface area contributed by atoms with Crippen molar-refractivity contribution in [2.75, 3.05) is 5.32 Å². The Balaban J connectivity index is 1.58. The molecule has 4 aromatic rings. The number of carbonyl (C=O) groups excluding carboxylic acids is 1. The van der Waals surface area contributed by atoms with Crippen LogP contribution in [0.2, 0.25) is 0 Å². The van der Waals surface area contributed by atoms with Gasteiger partial charge in [0.25, 0.3) is 11.8 Å². The second-order valence-corrected chi connectivity index (χ2v) is 6.66. The second-order valence-electron chi connectivity index (χ2n) is 5.74. The fraction of sp³-hybridized carbons (Fsp3) is 0. The molecule has 0 aliphatic carbocycles. The highest BCUT2D eigenvalue weighted by Crippen LogP contribution is 2.34. The van der Waals surface area contributed by atoms with Crippen LogP contribution in [0.3, 0.4) is 0 Å². The van der Waals surface area contributed by atoms with Crippen LogP contribution in [0.25, 0.3) is 22.2 Å². The molecule has 6 nitrogen and oxygen atoms in total. The van der Waals surface area contributed by atoms with Crippen molar-refractivity contribution in [2.24, 2.45) is 0 Å². The summed E-state index contributed by atoms with van der Waals surface area (Å²) < 4.78 is 18.7. The number of thiophene rings is 1. The summed E-state index contributed by atoms with van der Waals surface area (Å²) in [5, 5.41) is 17.3. The van der Waals surface area contributed by atoms with Gasteiger partial charge < -0.3 is 9.84 Å². The van der Waals surface area contributed by atoms with Gasteiger partial charge in [-0.25, -0.2) is 4.39 Å². The van der Waals surface area contributed by atoms with Gasteiger partial charge in [0.15, 0.2) is 0 Å². The standard InChI is InChI=1S/C20H11FN4O2S/c21-15-3-1-2-14(10-15)18-24-20(27-25-18)17-16(8-9-28-17)23-19(26)13-6-4-12(11-22)5-7-13/h1-10H,(H,23,26). The first-order valence-electron chi connectivity index (χ1n) is 8.13. The number of anilines is 1. The Hall–Kier alpha value is -3.83. The van der Waals surface area contributed by atoms with Crippen LogP contribution < -0.4 is 5.32 Å². The Bertz CT molecular complexity index is 1190. The molecule has 0 unspecified atom stereocenters. The lowest BCUT2D eigenvalue weighted by atomic mass is 10.1. The number of halogens is 1. The highest BCUT2D eigenvalue weighted by atomic mass is 32.1. The van der Waals surface area contributed by atoms with E-state index < -0.39 is 5.82 Å². The van der Waals surface area contributed by atoms with Crippen molar-refractivity contribution in [3.8, 4) is 28.2 Å². The summed E-state index contributed by atoms with van der Waals surface area (Å²) in [4.78, 5) is 17.4. The lowest BCUT2D eigenvalue weighted by molar-refractivity contribution is 0.102. The number of hydrogen-bond donors (Lipinski definition) is 1. The van der Waals surface area contributed by atoms with Crippen molar-refractivity contribution < 1.29 is 13.7 Å². The molecule has 0 atom stereocenters. The molecule has 2 heterocycles. The van der Waals surface area contributed by atoms with Gasteiger partial charge in [0.2, 0.25) is 5.82 Å². The van der Waals surface area contributed by atoms with Gasteiger partial charge in [-0.2, -0.15) is 10.2 Å².